The van der Waals surface area contributed by atoms with E-state index in [4.69, 9.17) is 5.26 Å². The van der Waals surface area contributed by atoms with Crippen LogP contribution in [0, 0.1) is 24.2 Å². The smallest absolute Gasteiger partial charge is 0.203 e. The van der Waals surface area contributed by atoms with Crippen LogP contribution in [-0.2, 0) is 0 Å². The molecule has 8 nitrogen and oxygen atoms in total. The summed E-state index contributed by atoms with van der Waals surface area (Å²) in [5.41, 5.74) is 1.41. The number of rotatable bonds is 2. The van der Waals surface area contributed by atoms with Gasteiger partial charge < -0.3 is 9.80 Å². The monoisotopic (exact) mass is 346 g/mol. The first-order valence-corrected chi connectivity index (χ1v) is 8.78. The second-order valence-electron chi connectivity index (χ2n) is 6.92. The minimum Gasteiger partial charge on any atom is -0.354 e. The van der Waals surface area contributed by atoms with Gasteiger partial charge in [0.25, 0.3) is 0 Å². The van der Waals surface area contributed by atoms with Crippen LogP contribution in [0.5, 0.6) is 0 Å². The maximum absolute atomic E-state index is 8.94. The molecule has 2 aliphatic heterocycles. The Labute approximate surface area is 150 Å². The van der Waals surface area contributed by atoms with Gasteiger partial charge in [-0.25, -0.2) is 9.97 Å². The molecule has 5 rings (SSSR count). The van der Waals surface area contributed by atoms with Crippen molar-refractivity contribution in [2.45, 2.75) is 19.4 Å². The molecule has 2 aliphatic rings. The van der Waals surface area contributed by atoms with Gasteiger partial charge in [0.2, 0.25) is 5.65 Å². The van der Waals surface area contributed by atoms with Crippen LogP contribution in [0.25, 0.3) is 5.65 Å². The maximum Gasteiger partial charge on any atom is 0.203 e. The van der Waals surface area contributed by atoms with Crippen molar-refractivity contribution >= 4 is 17.3 Å². The van der Waals surface area contributed by atoms with E-state index in [-0.39, 0.29) is 0 Å². The van der Waals surface area contributed by atoms with E-state index in [1.165, 1.54) is 0 Å². The zero-order valence-corrected chi connectivity index (χ0v) is 14.4. The maximum atomic E-state index is 8.94. The first-order valence-electron chi connectivity index (χ1n) is 8.78. The lowest BCUT2D eigenvalue weighted by molar-refractivity contribution is 0.579. The molecule has 2 atom stereocenters. The number of nitriles is 1. The third-order valence-corrected chi connectivity index (χ3v) is 5.50. The van der Waals surface area contributed by atoms with E-state index in [1.54, 1.807) is 6.20 Å². The molecule has 0 aliphatic carbocycles. The predicted molar refractivity (Wildman–Crippen MR) is 95.9 cm³/mol. The molecule has 3 aromatic rings. The fourth-order valence-electron chi connectivity index (χ4n) is 4.18. The van der Waals surface area contributed by atoms with E-state index in [0.717, 1.165) is 49.2 Å². The zero-order valence-electron chi connectivity index (χ0n) is 14.4. The molecule has 5 heterocycles. The van der Waals surface area contributed by atoms with Gasteiger partial charge in [-0.3, -0.25) is 4.40 Å². The summed E-state index contributed by atoms with van der Waals surface area (Å²) in [5, 5.41) is 17.5. The molecular weight excluding hydrogens is 328 g/mol. The first-order chi connectivity index (χ1) is 12.7. The van der Waals surface area contributed by atoms with Crippen LogP contribution >= 0.6 is 0 Å². The molecule has 2 unspecified atom stereocenters. The van der Waals surface area contributed by atoms with Crippen LogP contribution in [0.2, 0.25) is 0 Å². The lowest BCUT2D eigenvalue weighted by Crippen LogP contribution is -2.36. The van der Waals surface area contributed by atoms with Gasteiger partial charge in [0.15, 0.2) is 5.82 Å². The molecule has 0 bridgehead atoms. The summed E-state index contributed by atoms with van der Waals surface area (Å²) in [6, 6.07) is 6.28. The molecule has 0 spiro atoms. The van der Waals surface area contributed by atoms with Gasteiger partial charge in [-0.15, -0.1) is 10.2 Å². The first kappa shape index (κ1) is 15.1. The minimum absolute atomic E-state index is 0.392. The van der Waals surface area contributed by atoms with Crippen molar-refractivity contribution in [1.29, 1.82) is 5.26 Å². The van der Waals surface area contributed by atoms with Crippen molar-refractivity contribution in [1.82, 2.24) is 24.6 Å². The molecule has 0 radical (unpaired) electrons. The molecule has 0 aromatic carbocycles. The third-order valence-electron chi connectivity index (χ3n) is 5.50. The lowest BCUT2D eigenvalue weighted by atomic mass is 10.1. The number of anilines is 2. The van der Waals surface area contributed by atoms with Gasteiger partial charge in [0.1, 0.15) is 17.7 Å². The Bertz CT molecular complexity index is 1000. The Hall–Kier alpha value is -3.21. The van der Waals surface area contributed by atoms with Crippen molar-refractivity contribution in [3.05, 3.63) is 42.1 Å². The van der Waals surface area contributed by atoms with Crippen LogP contribution in [0.3, 0.4) is 0 Å². The summed E-state index contributed by atoms with van der Waals surface area (Å²) in [5.74, 6) is 3.30. The van der Waals surface area contributed by atoms with E-state index < -0.39 is 0 Å². The molecule has 2 fully saturated rings. The van der Waals surface area contributed by atoms with Crippen molar-refractivity contribution in [2.75, 3.05) is 29.4 Å². The average Bonchev–Trinajstić information content (AvgIpc) is 3.36. The normalized spacial score (nSPS) is 22.0. The quantitative estimate of drug-likeness (QED) is 0.693. The lowest BCUT2D eigenvalue weighted by Gasteiger charge is -2.26. The molecule has 0 N–H and O–H groups in total. The van der Waals surface area contributed by atoms with E-state index in [2.05, 4.69) is 36.0 Å². The predicted octanol–water partition coefficient (Wildman–Crippen LogP) is 1.41. The highest BCUT2D eigenvalue weighted by Crippen LogP contribution is 2.36. The number of hydrogen-bond donors (Lipinski definition) is 0. The SMILES string of the molecule is Cc1nnc2c(N3CCC4CN(c5ccc(C#N)cn5)CC43)nccn12. The highest BCUT2D eigenvalue weighted by atomic mass is 15.4. The third kappa shape index (κ3) is 2.20. The van der Waals surface area contributed by atoms with E-state index in [9.17, 15) is 0 Å². The average molecular weight is 346 g/mol. The number of nitrogens with zero attached hydrogens (tertiary/aromatic N) is 8. The molecule has 2 saturated heterocycles. The second-order valence-corrected chi connectivity index (χ2v) is 6.92. The Morgan fingerprint density at radius 3 is 2.92 bits per heavy atom. The Balaban J connectivity index is 1.44. The summed E-state index contributed by atoms with van der Waals surface area (Å²) in [7, 11) is 0. The van der Waals surface area contributed by atoms with Crippen LogP contribution in [0.4, 0.5) is 11.6 Å². The molecule has 0 saturated carbocycles. The number of pyridine rings is 1. The largest absolute Gasteiger partial charge is 0.354 e. The fraction of sp³-hybridized carbons (Fsp3) is 0.389. The van der Waals surface area contributed by atoms with Crippen molar-refractivity contribution in [3.63, 3.8) is 0 Å². The minimum atomic E-state index is 0.392. The Morgan fingerprint density at radius 1 is 1.19 bits per heavy atom. The van der Waals surface area contributed by atoms with Crippen molar-refractivity contribution in [3.8, 4) is 6.07 Å². The van der Waals surface area contributed by atoms with Gasteiger partial charge in [-0.2, -0.15) is 5.26 Å². The standard InChI is InChI=1S/C18H18N8/c1-12-22-23-18-17(20-5-7-25(12)18)26-6-4-14-10-24(11-15(14)26)16-3-2-13(8-19)9-21-16/h2-3,5,7,9,14-15H,4,6,10-11H2,1H3. The summed E-state index contributed by atoms with van der Waals surface area (Å²) in [6.45, 7) is 4.82. The summed E-state index contributed by atoms with van der Waals surface area (Å²) < 4.78 is 1.99. The molecule has 130 valence electrons. The highest BCUT2D eigenvalue weighted by Gasteiger charge is 2.43. The van der Waals surface area contributed by atoms with Gasteiger partial charge >= 0.3 is 0 Å². The number of aryl methyl sites for hydroxylation is 1. The molecule has 3 aromatic heterocycles. The second kappa shape index (κ2) is 5.66. The Kier molecular flexibility index (Phi) is 3.28. The number of aromatic nitrogens is 5. The fourth-order valence-corrected chi connectivity index (χ4v) is 4.18. The van der Waals surface area contributed by atoms with E-state index in [1.807, 2.05) is 35.9 Å². The molecule has 26 heavy (non-hydrogen) atoms. The van der Waals surface area contributed by atoms with Crippen LogP contribution in [0.1, 0.15) is 17.8 Å². The van der Waals surface area contributed by atoms with E-state index >= 15 is 0 Å². The highest BCUT2D eigenvalue weighted by molar-refractivity contribution is 5.65. The summed E-state index contributed by atoms with van der Waals surface area (Å²) in [4.78, 5) is 13.7. The van der Waals surface area contributed by atoms with Crippen molar-refractivity contribution < 1.29 is 0 Å². The summed E-state index contributed by atoms with van der Waals surface area (Å²) >= 11 is 0. The molecule has 0 amide bonds. The van der Waals surface area contributed by atoms with Gasteiger partial charge in [0, 0.05) is 44.1 Å². The van der Waals surface area contributed by atoms with Crippen LogP contribution in [0.15, 0.2) is 30.7 Å². The van der Waals surface area contributed by atoms with Crippen molar-refractivity contribution in [2.24, 2.45) is 5.92 Å². The van der Waals surface area contributed by atoms with E-state index in [0.29, 0.717) is 17.5 Å². The zero-order chi connectivity index (χ0) is 17.7. The van der Waals surface area contributed by atoms with Crippen LogP contribution in [-0.4, -0.2) is 50.2 Å². The topological polar surface area (TPSA) is 86.2 Å². The summed E-state index contributed by atoms with van der Waals surface area (Å²) in [6.07, 6.45) is 6.50. The molecule has 8 heteroatoms. The van der Waals surface area contributed by atoms with Gasteiger partial charge in [0.05, 0.1) is 11.6 Å². The number of hydrogen-bond acceptors (Lipinski definition) is 7. The van der Waals surface area contributed by atoms with Gasteiger partial charge in [-0.1, -0.05) is 0 Å². The number of fused-ring (bicyclic) bond motifs is 2. The van der Waals surface area contributed by atoms with Gasteiger partial charge in [-0.05, 0) is 25.5 Å². The molecular formula is C18H18N8. The van der Waals surface area contributed by atoms with Crippen LogP contribution < -0.4 is 9.80 Å². The Morgan fingerprint density at radius 2 is 2.12 bits per heavy atom.